The second-order valence-electron chi connectivity index (χ2n) is 8.54. The lowest BCUT2D eigenvalue weighted by Gasteiger charge is -2.29. The zero-order chi connectivity index (χ0) is 19.0. The number of aromatic nitrogens is 2. The van der Waals surface area contributed by atoms with Gasteiger partial charge in [-0.2, -0.15) is 0 Å². The average molecular weight is 354 g/mol. The first-order valence-corrected chi connectivity index (χ1v) is 8.65. The highest BCUT2D eigenvalue weighted by Crippen LogP contribution is 2.33. The van der Waals surface area contributed by atoms with Gasteiger partial charge in [0, 0.05) is 18.2 Å². The van der Waals surface area contributed by atoms with Crippen LogP contribution in [-0.2, 0) is 14.2 Å². The number of nitrogens with one attached hydrogen (secondary N) is 1. The summed E-state index contributed by atoms with van der Waals surface area (Å²) in [5.41, 5.74) is -1.03. The lowest BCUT2D eigenvalue weighted by atomic mass is 10.1. The lowest BCUT2D eigenvalue weighted by molar-refractivity contribution is -0.132. The number of rotatable bonds is 4. The fourth-order valence-corrected chi connectivity index (χ4v) is 2.73. The van der Waals surface area contributed by atoms with Crippen LogP contribution in [0.2, 0.25) is 0 Å². The highest BCUT2D eigenvalue weighted by molar-refractivity contribution is 5.02. The molecule has 1 aromatic heterocycles. The lowest BCUT2D eigenvalue weighted by Crippen LogP contribution is -2.37. The van der Waals surface area contributed by atoms with Crippen LogP contribution in [0.15, 0.2) is 15.8 Å². The molecule has 0 spiro atoms. The quantitative estimate of drug-likeness (QED) is 0.896. The molecule has 0 saturated carbocycles. The van der Waals surface area contributed by atoms with Gasteiger partial charge in [0.25, 0.3) is 5.56 Å². The third-order valence-electron chi connectivity index (χ3n) is 3.82. The topological polar surface area (TPSA) is 82.6 Å². The second kappa shape index (κ2) is 7.05. The van der Waals surface area contributed by atoms with E-state index in [4.69, 9.17) is 14.2 Å². The number of hydrogen-bond acceptors (Lipinski definition) is 5. The Labute approximate surface area is 148 Å². The van der Waals surface area contributed by atoms with E-state index < -0.39 is 11.9 Å². The minimum atomic E-state index is -0.496. The fourth-order valence-electron chi connectivity index (χ4n) is 2.73. The van der Waals surface area contributed by atoms with E-state index in [2.05, 4.69) is 4.98 Å². The maximum atomic E-state index is 12.2. The summed E-state index contributed by atoms with van der Waals surface area (Å²) >= 11 is 0. The molecule has 0 aromatic carbocycles. The first kappa shape index (κ1) is 19.9. The van der Waals surface area contributed by atoms with Crippen molar-refractivity contribution in [3.8, 4) is 0 Å². The Morgan fingerprint density at radius 3 is 2.40 bits per heavy atom. The molecule has 1 aromatic rings. The van der Waals surface area contributed by atoms with Crippen LogP contribution in [0.25, 0.3) is 0 Å². The summed E-state index contributed by atoms with van der Waals surface area (Å²) in [6.07, 6.45) is 1.06. The standard InChI is InChI=1S/C18H30N2O5/c1-11-9-20(16(22)19-15(11)21)14-8-12(25-18(5,6)7)13(24-14)10-23-17(2,3)4/h9,12-14H,8,10H2,1-7H3,(H,19,21,22). The van der Waals surface area contributed by atoms with E-state index >= 15 is 0 Å². The Morgan fingerprint density at radius 2 is 1.84 bits per heavy atom. The predicted octanol–water partition coefficient (Wildman–Crippen LogP) is 2.13. The minimum Gasteiger partial charge on any atom is -0.373 e. The number of ether oxygens (including phenoxy) is 3. The van der Waals surface area contributed by atoms with E-state index in [1.807, 2.05) is 41.5 Å². The van der Waals surface area contributed by atoms with Crippen molar-refractivity contribution in [2.24, 2.45) is 0 Å². The van der Waals surface area contributed by atoms with Gasteiger partial charge in [-0.1, -0.05) is 0 Å². The van der Waals surface area contributed by atoms with Crippen LogP contribution >= 0.6 is 0 Å². The van der Waals surface area contributed by atoms with Crippen molar-refractivity contribution < 1.29 is 14.2 Å². The molecule has 0 amide bonds. The fraction of sp³-hybridized carbons (Fsp3) is 0.778. The largest absolute Gasteiger partial charge is 0.373 e. The zero-order valence-corrected chi connectivity index (χ0v) is 16.2. The molecule has 2 heterocycles. The van der Waals surface area contributed by atoms with E-state index in [9.17, 15) is 9.59 Å². The van der Waals surface area contributed by atoms with E-state index in [0.29, 0.717) is 18.6 Å². The second-order valence-corrected chi connectivity index (χ2v) is 8.54. The maximum absolute atomic E-state index is 12.2. The molecule has 1 saturated heterocycles. The summed E-state index contributed by atoms with van der Waals surface area (Å²) < 4.78 is 19.5. The van der Waals surface area contributed by atoms with E-state index in [0.717, 1.165) is 0 Å². The molecule has 1 aliphatic heterocycles. The number of hydrogen-bond donors (Lipinski definition) is 1. The van der Waals surface area contributed by atoms with E-state index in [1.165, 1.54) is 10.8 Å². The van der Waals surface area contributed by atoms with Gasteiger partial charge in [0.1, 0.15) is 12.3 Å². The van der Waals surface area contributed by atoms with Crippen LogP contribution in [0.1, 0.15) is 59.8 Å². The number of aryl methyl sites for hydroxylation is 1. The van der Waals surface area contributed by atoms with Gasteiger partial charge in [-0.05, 0) is 48.5 Å². The molecule has 1 aliphatic rings. The van der Waals surface area contributed by atoms with Gasteiger partial charge < -0.3 is 14.2 Å². The SMILES string of the molecule is Cc1cn(C2CC(OC(C)(C)C)C(COC(C)(C)C)O2)c(=O)[nH]c1=O. The molecular formula is C18H30N2O5. The van der Waals surface area contributed by atoms with Crippen LogP contribution < -0.4 is 11.2 Å². The molecule has 0 radical (unpaired) electrons. The Morgan fingerprint density at radius 1 is 1.20 bits per heavy atom. The van der Waals surface area contributed by atoms with Crippen molar-refractivity contribution in [1.29, 1.82) is 0 Å². The van der Waals surface area contributed by atoms with Gasteiger partial charge in [0.2, 0.25) is 0 Å². The molecule has 7 nitrogen and oxygen atoms in total. The number of H-pyrrole nitrogens is 1. The molecule has 2 rings (SSSR count). The zero-order valence-electron chi connectivity index (χ0n) is 16.2. The maximum Gasteiger partial charge on any atom is 0.330 e. The van der Waals surface area contributed by atoms with Crippen LogP contribution in [0.3, 0.4) is 0 Å². The van der Waals surface area contributed by atoms with Gasteiger partial charge in [-0.3, -0.25) is 14.3 Å². The molecule has 0 aliphatic carbocycles. The molecule has 142 valence electrons. The van der Waals surface area contributed by atoms with Gasteiger partial charge in [-0.25, -0.2) is 4.79 Å². The summed E-state index contributed by atoms with van der Waals surface area (Å²) in [5, 5.41) is 0. The van der Waals surface area contributed by atoms with Crippen LogP contribution in [0.4, 0.5) is 0 Å². The van der Waals surface area contributed by atoms with E-state index in [-0.39, 0.29) is 29.0 Å². The van der Waals surface area contributed by atoms with Crippen molar-refractivity contribution in [1.82, 2.24) is 9.55 Å². The Hall–Kier alpha value is -1.44. The summed E-state index contributed by atoms with van der Waals surface area (Å²) in [6, 6.07) is 0. The highest BCUT2D eigenvalue weighted by Gasteiger charge is 2.40. The Balaban J connectivity index is 2.23. The molecular weight excluding hydrogens is 324 g/mol. The Bertz CT molecular complexity index is 708. The molecule has 7 heteroatoms. The van der Waals surface area contributed by atoms with Crippen LogP contribution in [-0.4, -0.2) is 39.6 Å². The summed E-state index contributed by atoms with van der Waals surface area (Å²) in [4.78, 5) is 26.0. The molecule has 3 atom stereocenters. The molecule has 1 N–H and O–H groups in total. The molecule has 3 unspecified atom stereocenters. The minimum absolute atomic E-state index is 0.202. The van der Waals surface area contributed by atoms with Crippen molar-refractivity contribution in [2.45, 2.75) is 84.5 Å². The third-order valence-corrected chi connectivity index (χ3v) is 3.82. The van der Waals surface area contributed by atoms with E-state index in [1.54, 1.807) is 6.92 Å². The monoisotopic (exact) mass is 354 g/mol. The smallest absolute Gasteiger partial charge is 0.330 e. The summed E-state index contributed by atoms with van der Waals surface area (Å²) in [6.45, 7) is 13.9. The van der Waals surface area contributed by atoms with Crippen molar-refractivity contribution in [3.63, 3.8) is 0 Å². The van der Waals surface area contributed by atoms with Gasteiger partial charge in [-0.15, -0.1) is 0 Å². The summed E-state index contributed by atoms with van der Waals surface area (Å²) in [7, 11) is 0. The first-order valence-electron chi connectivity index (χ1n) is 8.65. The highest BCUT2D eigenvalue weighted by atomic mass is 16.6. The van der Waals surface area contributed by atoms with Crippen LogP contribution in [0, 0.1) is 6.92 Å². The molecule has 25 heavy (non-hydrogen) atoms. The first-order chi connectivity index (χ1) is 11.4. The number of aromatic amines is 1. The van der Waals surface area contributed by atoms with Crippen molar-refractivity contribution >= 4 is 0 Å². The average Bonchev–Trinajstić information content (AvgIpc) is 2.80. The van der Waals surface area contributed by atoms with Crippen molar-refractivity contribution in [3.05, 3.63) is 32.6 Å². The van der Waals surface area contributed by atoms with Crippen molar-refractivity contribution in [2.75, 3.05) is 6.61 Å². The summed E-state index contributed by atoms with van der Waals surface area (Å²) in [5.74, 6) is 0. The normalized spacial score (nSPS) is 24.7. The predicted molar refractivity (Wildman–Crippen MR) is 94.9 cm³/mol. The van der Waals surface area contributed by atoms with Gasteiger partial charge >= 0.3 is 5.69 Å². The van der Waals surface area contributed by atoms with Crippen LogP contribution in [0.5, 0.6) is 0 Å². The van der Waals surface area contributed by atoms with Gasteiger partial charge in [0.05, 0.1) is 23.9 Å². The molecule has 0 bridgehead atoms. The molecule has 1 fully saturated rings. The Kier molecular flexibility index (Phi) is 5.61. The third kappa shape index (κ3) is 5.52. The van der Waals surface area contributed by atoms with Gasteiger partial charge in [0.15, 0.2) is 0 Å². The number of nitrogens with zero attached hydrogens (tertiary/aromatic N) is 1.